The van der Waals surface area contributed by atoms with Crippen molar-refractivity contribution in [1.82, 2.24) is 9.88 Å². The topological polar surface area (TPSA) is 89.5 Å². The quantitative estimate of drug-likeness (QED) is 0.525. The van der Waals surface area contributed by atoms with Gasteiger partial charge < -0.3 is 9.32 Å². The van der Waals surface area contributed by atoms with Crippen molar-refractivity contribution < 1.29 is 14.1 Å². The van der Waals surface area contributed by atoms with Crippen LogP contribution >= 0.6 is 11.3 Å². The Hall–Kier alpha value is -2.74. The van der Waals surface area contributed by atoms with Crippen molar-refractivity contribution in [1.29, 1.82) is 0 Å². The Bertz CT molecular complexity index is 907. The average molecular weight is 357 g/mol. The van der Waals surface area contributed by atoms with Crippen LogP contribution in [0.3, 0.4) is 0 Å². The number of thiophene rings is 1. The first-order valence-corrected chi connectivity index (χ1v) is 8.82. The van der Waals surface area contributed by atoms with Crippen LogP contribution in [-0.2, 0) is 0 Å². The largest absolute Gasteiger partial charge is 0.440 e. The number of likely N-dealkylation sites (tertiary alicyclic amines) is 1. The van der Waals surface area contributed by atoms with E-state index >= 15 is 0 Å². The fraction of sp³-hybridized carbons (Fsp3) is 0.294. The molecule has 8 heteroatoms. The first-order chi connectivity index (χ1) is 12.1. The summed E-state index contributed by atoms with van der Waals surface area (Å²) < 4.78 is 5.83. The Morgan fingerprint density at radius 2 is 2.00 bits per heavy atom. The average Bonchev–Trinajstić information content (AvgIpc) is 3.28. The van der Waals surface area contributed by atoms with Gasteiger partial charge in [-0.15, -0.1) is 0 Å². The molecule has 0 saturated carbocycles. The van der Waals surface area contributed by atoms with Gasteiger partial charge in [0.1, 0.15) is 5.52 Å². The monoisotopic (exact) mass is 357 g/mol. The van der Waals surface area contributed by atoms with E-state index in [0.29, 0.717) is 18.0 Å². The van der Waals surface area contributed by atoms with Crippen molar-refractivity contribution in [3.8, 4) is 0 Å². The minimum atomic E-state index is -0.471. The van der Waals surface area contributed by atoms with Crippen LogP contribution in [0.25, 0.3) is 11.1 Å². The summed E-state index contributed by atoms with van der Waals surface area (Å²) in [6.07, 6.45) is 1.54. The van der Waals surface area contributed by atoms with E-state index in [1.165, 1.54) is 12.1 Å². The van der Waals surface area contributed by atoms with Gasteiger partial charge in [-0.25, -0.2) is 4.98 Å². The molecule has 2 aromatic heterocycles. The number of nitro groups is 1. The van der Waals surface area contributed by atoms with Crippen LogP contribution < -0.4 is 0 Å². The Morgan fingerprint density at radius 3 is 2.68 bits per heavy atom. The summed E-state index contributed by atoms with van der Waals surface area (Å²) in [6, 6.07) is 10.6. The standard InChI is InChI=1S/C17H15N3O4S/c21-17(14-5-6-15(25-14)20(22)23)19-9-7-11(8-10-19)16-18-12-3-1-2-4-13(12)24-16/h1-6,11H,7-10H2. The maximum absolute atomic E-state index is 12.5. The molecule has 1 fully saturated rings. The molecule has 1 amide bonds. The molecular formula is C17H15N3O4S. The highest BCUT2D eigenvalue weighted by atomic mass is 32.1. The zero-order chi connectivity index (χ0) is 17.4. The summed E-state index contributed by atoms with van der Waals surface area (Å²) >= 11 is 0.922. The maximum Gasteiger partial charge on any atom is 0.324 e. The molecule has 0 unspecified atom stereocenters. The number of piperidine rings is 1. The molecule has 4 rings (SSSR count). The minimum absolute atomic E-state index is 0.00953. The fourth-order valence-electron chi connectivity index (χ4n) is 3.09. The number of carbonyl (C=O) groups is 1. The van der Waals surface area contributed by atoms with Gasteiger partial charge in [-0.05, 0) is 31.0 Å². The highest BCUT2D eigenvalue weighted by Crippen LogP contribution is 2.31. The minimum Gasteiger partial charge on any atom is -0.440 e. The number of rotatable bonds is 3. The molecule has 25 heavy (non-hydrogen) atoms. The van der Waals surface area contributed by atoms with E-state index in [4.69, 9.17) is 4.42 Å². The number of para-hydroxylation sites is 2. The van der Waals surface area contributed by atoms with Crippen molar-refractivity contribution in [2.75, 3.05) is 13.1 Å². The van der Waals surface area contributed by atoms with E-state index in [-0.39, 0.29) is 16.8 Å². The third-order valence-electron chi connectivity index (χ3n) is 4.42. The van der Waals surface area contributed by atoms with Crippen LogP contribution in [-0.4, -0.2) is 33.8 Å². The lowest BCUT2D eigenvalue weighted by molar-refractivity contribution is -0.380. The lowest BCUT2D eigenvalue weighted by Crippen LogP contribution is -2.37. The molecule has 0 spiro atoms. The third-order valence-corrected chi connectivity index (χ3v) is 5.45. The van der Waals surface area contributed by atoms with Crippen LogP contribution in [0.15, 0.2) is 40.8 Å². The number of aromatic nitrogens is 1. The molecule has 128 valence electrons. The van der Waals surface area contributed by atoms with Crippen molar-refractivity contribution in [3.63, 3.8) is 0 Å². The van der Waals surface area contributed by atoms with Gasteiger partial charge in [0.2, 0.25) is 0 Å². The van der Waals surface area contributed by atoms with E-state index in [0.717, 1.165) is 41.2 Å². The summed E-state index contributed by atoms with van der Waals surface area (Å²) in [5, 5.41) is 10.8. The lowest BCUT2D eigenvalue weighted by Gasteiger charge is -2.30. The van der Waals surface area contributed by atoms with Gasteiger partial charge in [0.05, 0.1) is 9.80 Å². The molecule has 0 N–H and O–H groups in total. The van der Waals surface area contributed by atoms with E-state index in [1.54, 1.807) is 4.90 Å². The van der Waals surface area contributed by atoms with Gasteiger partial charge in [-0.2, -0.15) is 0 Å². The molecular weight excluding hydrogens is 342 g/mol. The van der Waals surface area contributed by atoms with Crippen molar-refractivity contribution in [2.24, 2.45) is 0 Å². The van der Waals surface area contributed by atoms with Crippen LogP contribution in [0.4, 0.5) is 5.00 Å². The zero-order valence-electron chi connectivity index (χ0n) is 13.3. The van der Waals surface area contributed by atoms with Gasteiger partial charge >= 0.3 is 5.00 Å². The number of nitrogens with zero attached hydrogens (tertiary/aromatic N) is 3. The predicted molar refractivity (Wildman–Crippen MR) is 92.9 cm³/mol. The Balaban J connectivity index is 1.43. The van der Waals surface area contributed by atoms with Gasteiger partial charge in [0, 0.05) is 25.1 Å². The van der Waals surface area contributed by atoms with Crippen LogP contribution in [0.5, 0.6) is 0 Å². The Morgan fingerprint density at radius 1 is 1.24 bits per heavy atom. The normalized spacial score (nSPS) is 15.6. The molecule has 0 atom stereocenters. The van der Waals surface area contributed by atoms with Crippen molar-refractivity contribution in [3.05, 3.63) is 57.3 Å². The molecule has 0 aliphatic carbocycles. The highest BCUT2D eigenvalue weighted by Gasteiger charge is 2.28. The number of hydrogen-bond acceptors (Lipinski definition) is 6. The molecule has 3 heterocycles. The van der Waals surface area contributed by atoms with Gasteiger partial charge in [-0.1, -0.05) is 23.5 Å². The second kappa shape index (κ2) is 6.29. The van der Waals surface area contributed by atoms with Gasteiger partial charge in [0.25, 0.3) is 5.91 Å². The van der Waals surface area contributed by atoms with E-state index < -0.39 is 4.92 Å². The summed E-state index contributed by atoms with van der Waals surface area (Å²) in [6.45, 7) is 1.18. The number of hydrogen-bond donors (Lipinski definition) is 0. The summed E-state index contributed by atoms with van der Waals surface area (Å²) in [5.41, 5.74) is 1.63. The van der Waals surface area contributed by atoms with Gasteiger partial charge in [0.15, 0.2) is 11.5 Å². The lowest BCUT2D eigenvalue weighted by atomic mass is 9.96. The SMILES string of the molecule is O=C(c1ccc([N+](=O)[O-])s1)N1CCC(c2nc3ccccc3o2)CC1. The van der Waals surface area contributed by atoms with Crippen molar-refractivity contribution >= 4 is 33.3 Å². The smallest absolute Gasteiger partial charge is 0.324 e. The maximum atomic E-state index is 12.5. The number of amides is 1. The van der Waals surface area contributed by atoms with Crippen molar-refractivity contribution in [2.45, 2.75) is 18.8 Å². The van der Waals surface area contributed by atoms with Crippen LogP contribution in [0, 0.1) is 10.1 Å². The van der Waals surface area contributed by atoms with Crippen LogP contribution in [0.2, 0.25) is 0 Å². The molecule has 0 radical (unpaired) electrons. The highest BCUT2D eigenvalue weighted by molar-refractivity contribution is 7.17. The fourth-order valence-corrected chi connectivity index (χ4v) is 3.88. The summed E-state index contributed by atoms with van der Waals surface area (Å²) in [5.74, 6) is 0.767. The number of fused-ring (bicyclic) bond motifs is 1. The Kier molecular flexibility index (Phi) is 3.96. The first-order valence-electron chi connectivity index (χ1n) is 8.01. The Labute approximate surface area is 147 Å². The second-order valence-corrected chi connectivity index (χ2v) is 7.04. The van der Waals surface area contributed by atoms with E-state index in [2.05, 4.69) is 4.98 Å². The summed E-state index contributed by atoms with van der Waals surface area (Å²) in [4.78, 5) is 29.5. The zero-order valence-corrected chi connectivity index (χ0v) is 14.1. The molecule has 1 saturated heterocycles. The molecule has 0 bridgehead atoms. The molecule has 1 aliphatic rings. The molecule has 7 nitrogen and oxygen atoms in total. The second-order valence-electron chi connectivity index (χ2n) is 5.98. The molecule has 3 aromatic rings. The molecule has 1 aliphatic heterocycles. The third kappa shape index (κ3) is 3.00. The number of oxazole rings is 1. The van der Waals surface area contributed by atoms with E-state index in [1.807, 2.05) is 24.3 Å². The number of benzene rings is 1. The summed E-state index contributed by atoms with van der Waals surface area (Å²) in [7, 11) is 0. The molecule has 1 aromatic carbocycles. The number of carbonyl (C=O) groups excluding carboxylic acids is 1. The predicted octanol–water partition coefficient (Wildman–Crippen LogP) is 3.82. The van der Waals surface area contributed by atoms with E-state index in [9.17, 15) is 14.9 Å². The first kappa shape index (κ1) is 15.8. The van der Waals surface area contributed by atoms with Gasteiger partial charge in [-0.3, -0.25) is 14.9 Å². The van der Waals surface area contributed by atoms with Crippen LogP contribution in [0.1, 0.15) is 34.3 Å².